The Morgan fingerprint density at radius 1 is 1.21 bits per heavy atom. The number of aryl methyl sites for hydroxylation is 1. The van der Waals surface area contributed by atoms with Gasteiger partial charge in [0.15, 0.2) is 0 Å². The number of nitrogens with one attached hydrogen (secondary N) is 2. The Hall–Kier alpha value is -2.36. The molecule has 0 radical (unpaired) electrons. The second-order valence-electron chi connectivity index (χ2n) is 4.33. The zero-order valence-electron chi connectivity index (χ0n) is 11.1. The largest absolute Gasteiger partial charge is 0.340 e. The van der Waals surface area contributed by atoms with Gasteiger partial charge in [-0.05, 0) is 36.8 Å². The predicted molar refractivity (Wildman–Crippen MR) is 77.6 cm³/mol. The van der Waals surface area contributed by atoms with Gasteiger partial charge in [0.1, 0.15) is 5.82 Å². The Kier molecular flexibility index (Phi) is 4.13. The number of carbonyl (C=O) groups is 1. The van der Waals surface area contributed by atoms with Crippen LogP contribution in [0.5, 0.6) is 0 Å². The second kappa shape index (κ2) is 6.00. The van der Waals surface area contributed by atoms with Crippen LogP contribution in [0, 0.1) is 6.92 Å². The fourth-order valence-corrected chi connectivity index (χ4v) is 1.66. The molecule has 2 aromatic rings. The minimum absolute atomic E-state index is 0.0128. The summed E-state index contributed by atoms with van der Waals surface area (Å²) < 4.78 is 0. The number of pyridine rings is 1. The zero-order chi connectivity index (χ0) is 13.7. The van der Waals surface area contributed by atoms with Crippen molar-refractivity contribution < 1.29 is 4.79 Å². The first-order valence-corrected chi connectivity index (χ1v) is 6.27. The molecular weight excluding hydrogens is 238 g/mol. The van der Waals surface area contributed by atoms with Gasteiger partial charge in [0.2, 0.25) is 5.91 Å². The van der Waals surface area contributed by atoms with Crippen LogP contribution < -0.4 is 10.6 Å². The lowest BCUT2D eigenvalue weighted by Crippen LogP contribution is -2.09. The third-order valence-corrected chi connectivity index (χ3v) is 2.66. The van der Waals surface area contributed by atoms with Gasteiger partial charge in [-0.1, -0.05) is 19.1 Å². The molecule has 0 aliphatic heterocycles. The number of amides is 1. The number of aromatic nitrogens is 1. The van der Waals surface area contributed by atoms with Gasteiger partial charge in [-0.2, -0.15) is 0 Å². The van der Waals surface area contributed by atoms with Crippen LogP contribution in [0.15, 0.2) is 42.6 Å². The summed E-state index contributed by atoms with van der Waals surface area (Å²) in [5.41, 5.74) is 2.90. The van der Waals surface area contributed by atoms with E-state index in [-0.39, 0.29) is 5.91 Å². The fourth-order valence-electron chi connectivity index (χ4n) is 1.66. The number of rotatable bonds is 4. The monoisotopic (exact) mass is 255 g/mol. The minimum atomic E-state index is -0.0128. The van der Waals surface area contributed by atoms with Crippen molar-refractivity contribution >= 4 is 23.1 Å². The molecule has 19 heavy (non-hydrogen) atoms. The van der Waals surface area contributed by atoms with Gasteiger partial charge in [0.25, 0.3) is 0 Å². The van der Waals surface area contributed by atoms with Crippen molar-refractivity contribution in [2.75, 3.05) is 10.6 Å². The van der Waals surface area contributed by atoms with Crippen molar-refractivity contribution in [1.82, 2.24) is 4.98 Å². The van der Waals surface area contributed by atoms with Crippen molar-refractivity contribution in [3.05, 3.63) is 48.2 Å². The number of nitrogens with zero attached hydrogens (tertiary/aromatic N) is 1. The third-order valence-electron chi connectivity index (χ3n) is 2.66. The van der Waals surface area contributed by atoms with Crippen LogP contribution >= 0.6 is 0 Å². The van der Waals surface area contributed by atoms with E-state index < -0.39 is 0 Å². The molecule has 1 amide bonds. The minimum Gasteiger partial charge on any atom is -0.340 e. The standard InChI is InChI=1S/C15H17N3O/c1-3-15(19)18-13-7-8-14(16-10-13)17-12-6-4-5-11(2)9-12/h4-10H,3H2,1-2H3,(H,16,17)(H,18,19). The molecular formula is C15H17N3O. The van der Waals surface area contributed by atoms with Crippen LogP contribution in [0.4, 0.5) is 17.2 Å². The highest BCUT2D eigenvalue weighted by molar-refractivity contribution is 5.90. The molecule has 1 aromatic heterocycles. The second-order valence-corrected chi connectivity index (χ2v) is 4.33. The average molecular weight is 255 g/mol. The maximum Gasteiger partial charge on any atom is 0.224 e. The lowest BCUT2D eigenvalue weighted by molar-refractivity contribution is -0.115. The molecule has 1 aromatic carbocycles. The topological polar surface area (TPSA) is 54.0 Å². The molecule has 0 fully saturated rings. The SMILES string of the molecule is CCC(=O)Nc1ccc(Nc2cccc(C)c2)nc1. The summed E-state index contributed by atoms with van der Waals surface area (Å²) in [6, 6.07) is 11.7. The molecule has 0 spiro atoms. The van der Waals surface area contributed by atoms with E-state index in [4.69, 9.17) is 0 Å². The Bertz CT molecular complexity index is 564. The lowest BCUT2D eigenvalue weighted by Gasteiger charge is -2.07. The highest BCUT2D eigenvalue weighted by Gasteiger charge is 2.00. The number of benzene rings is 1. The van der Waals surface area contributed by atoms with Gasteiger partial charge in [-0.15, -0.1) is 0 Å². The average Bonchev–Trinajstić information content (AvgIpc) is 2.41. The lowest BCUT2D eigenvalue weighted by atomic mass is 10.2. The fraction of sp³-hybridized carbons (Fsp3) is 0.200. The summed E-state index contributed by atoms with van der Waals surface area (Å²) in [6.07, 6.45) is 2.11. The van der Waals surface area contributed by atoms with Crippen LogP contribution in [-0.4, -0.2) is 10.9 Å². The Labute approximate surface area is 112 Å². The maximum absolute atomic E-state index is 11.2. The van der Waals surface area contributed by atoms with E-state index >= 15 is 0 Å². The van der Waals surface area contributed by atoms with Gasteiger partial charge in [0, 0.05) is 12.1 Å². The van der Waals surface area contributed by atoms with Crippen LogP contribution in [-0.2, 0) is 4.79 Å². The van der Waals surface area contributed by atoms with E-state index in [9.17, 15) is 4.79 Å². The summed E-state index contributed by atoms with van der Waals surface area (Å²) >= 11 is 0. The van der Waals surface area contributed by atoms with E-state index in [2.05, 4.69) is 21.7 Å². The summed E-state index contributed by atoms with van der Waals surface area (Å²) in [5.74, 6) is 0.737. The molecule has 98 valence electrons. The van der Waals surface area contributed by atoms with Crippen LogP contribution in [0.2, 0.25) is 0 Å². The first-order chi connectivity index (χ1) is 9.17. The number of carbonyl (C=O) groups excluding carboxylic acids is 1. The molecule has 0 aliphatic carbocycles. The maximum atomic E-state index is 11.2. The first kappa shape index (κ1) is 13.1. The summed E-state index contributed by atoms with van der Waals surface area (Å²) in [5, 5.41) is 5.98. The van der Waals surface area contributed by atoms with E-state index in [1.54, 1.807) is 6.20 Å². The van der Waals surface area contributed by atoms with E-state index in [0.29, 0.717) is 12.1 Å². The van der Waals surface area contributed by atoms with Crippen molar-refractivity contribution in [1.29, 1.82) is 0 Å². The smallest absolute Gasteiger partial charge is 0.224 e. The van der Waals surface area contributed by atoms with Gasteiger partial charge in [-0.3, -0.25) is 4.79 Å². The molecule has 2 N–H and O–H groups in total. The molecule has 4 heteroatoms. The van der Waals surface area contributed by atoms with Crippen molar-refractivity contribution in [2.45, 2.75) is 20.3 Å². The zero-order valence-corrected chi connectivity index (χ0v) is 11.1. The molecule has 4 nitrogen and oxygen atoms in total. The van der Waals surface area contributed by atoms with Gasteiger partial charge in [-0.25, -0.2) is 4.98 Å². The quantitative estimate of drug-likeness (QED) is 0.879. The van der Waals surface area contributed by atoms with Gasteiger partial charge in [0.05, 0.1) is 11.9 Å². The number of hydrogen-bond acceptors (Lipinski definition) is 3. The predicted octanol–water partition coefficient (Wildman–Crippen LogP) is 3.48. The Balaban J connectivity index is 2.04. The molecule has 0 saturated heterocycles. The molecule has 2 rings (SSSR count). The van der Waals surface area contributed by atoms with Crippen LogP contribution in [0.3, 0.4) is 0 Å². The summed E-state index contributed by atoms with van der Waals surface area (Å²) in [6.45, 7) is 3.86. The molecule has 1 heterocycles. The first-order valence-electron chi connectivity index (χ1n) is 6.27. The Morgan fingerprint density at radius 2 is 2.05 bits per heavy atom. The normalized spacial score (nSPS) is 10.0. The van der Waals surface area contributed by atoms with Crippen molar-refractivity contribution in [3.63, 3.8) is 0 Å². The van der Waals surface area contributed by atoms with E-state index in [1.165, 1.54) is 5.56 Å². The molecule has 0 bridgehead atoms. The summed E-state index contributed by atoms with van der Waals surface area (Å²) in [4.78, 5) is 15.5. The van der Waals surface area contributed by atoms with Crippen LogP contribution in [0.1, 0.15) is 18.9 Å². The number of anilines is 3. The molecule has 0 atom stereocenters. The van der Waals surface area contributed by atoms with Crippen LogP contribution in [0.25, 0.3) is 0 Å². The third kappa shape index (κ3) is 3.81. The van der Waals surface area contributed by atoms with E-state index in [0.717, 1.165) is 11.5 Å². The molecule has 0 saturated carbocycles. The highest BCUT2D eigenvalue weighted by Crippen LogP contribution is 2.17. The van der Waals surface area contributed by atoms with Gasteiger partial charge >= 0.3 is 0 Å². The molecule has 0 unspecified atom stereocenters. The summed E-state index contributed by atoms with van der Waals surface area (Å²) in [7, 11) is 0. The van der Waals surface area contributed by atoms with Crippen molar-refractivity contribution in [3.8, 4) is 0 Å². The highest BCUT2D eigenvalue weighted by atomic mass is 16.1. The number of hydrogen-bond donors (Lipinski definition) is 2. The van der Waals surface area contributed by atoms with E-state index in [1.807, 2.05) is 44.2 Å². The Morgan fingerprint density at radius 3 is 2.68 bits per heavy atom. The van der Waals surface area contributed by atoms with Gasteiger partial charge < -0.3 is 10.6 Å². The molecule has 0 aliphatic rings. The van der Waals surface area contributed by atoms with Crippen molar-refractivity contribution in [2.24, 2.45) is 0 Å².